The number of halogens is 1. The van der Waals surface area contributed by atoms with E-state index in [4.69, 9.17) is 16.3 Å². The molecule has 31 heavy (non-hydrogen) atoms. The molecule has 1 amide bonds. The molecule has 2 heterocycles. The lowest BCUT2D eigenvalue weighted by molar-refractivity contribution is 0.0730. The minimum atomic E-state index is -3.54. The highest BCUT2D eigenvalue weighted by Crippen LogP contribution is 2.20. The lowest BCUT2D eigenvalue weighted by Crippen LogP contribution is -2.40. The van der Waals surface area contributed by atoms with E-state index < -0.39 is 10.0 Å². The number of benzene rings is 2. The van der Waals surface area contributed by atoms with Crippen LogP contribution in [0.5, 0.6) is 0 Å². The van der Waals surface area contributed by atoms with Gasteiger partial charge < -0.3 is 10.1 Å². The highest BCUT2D eigenvalue weighted by molar-refractivity contribution is 7.89. The number of amides is 1. The van der Waals surface area contributed by atoms with Crippen LogP contribution in [0.2, 0.25) is 5.02 Å². The maximum absolute atomic E-state index is 12.7. The molecule has 1 aliphatic rings. The Morgan fingerprint density at radius 1 is 1.10 bits per heavy atom. The molecule has 2 aromatic carbocycles. The van der Waals surface area contributed by atoms with Crippen LogP contribution in [0.3, 0.4) is 0 Å². The quantitative estimate of drug-likeness (QED) is 0.610. The van der Waals surface area contributed by atoms with Crippen LogP contribution in [0.4, 0.5) is 0 Å². The Kier molecular flexibility index (Phi) is 6.38. The van der Waals surface area contributed by atoms with Gasteiger partial charge >= 0.3 is 0 Å². The molecular formula is C21H21ClN4O4S. The van der Waals surface area contributed by atoms with E-state index in [-0.39, 0.29) is 17.3 Å². The van der Waals surface area contributed by atoms with E-state index in [1.165, 1.54) is 10.5 Å². The summed E-state index contributed by atoms with van der Waals surface area (Å²) in [6.45, 7) is 1.75. The van der Waals surface area contributed by atoms with Gasteiger partial charge in [0.2, 0.25) is 10.0 Å². The lowest BCUT2D eigenvalue weighted by atomic mass is 10.2. The van der Waals surface area contributed by atoms with Crippen molar-refractivity contribution >= 4 is 27.5 Å². The number of sulfonamides is 1. The fraction of sp³-hybridized carbons (Fsp3) is 0.238. The number of carbonyl (C=O) groups excluding carboxylic acids is 1. The van der Waals surface area contributed by atoms with E-state index in [0.717, 1.165) is 5.56 Å². The van der Waals surface area contributed by atoms with Crippen molar-refractivity contribution in [2.45, 2.75) is 11.4 Å². The van der Waals surface area contributed by atoms with E-state index in [0.29, 0.717) is 42.6 Å². The van der Waals surface area contributed by atoms with Crippen LogP contribution >= 0.6 is 11.6 Å². The zero-order chi connectivity index (χ0) is 21.8. The van der Waals surface area contributed by atoms with E-state index in [9.17, 15) is 13.2 Å². The topological polar surface area (TPSA) is 93.5 Å². The molecule has 4 rings (SSSR count). The van der Waals surface area contributed by atoms with Crippen LogP contribution in [0.1, 0.15) is 15.9 Å². The Bertz CT molecular complexity index is 1170. The van der Waals surface area contributed by atoms with Gasteiger partial charge in [-0.1, -0.05) is 35.9 Å². The third-order valence-corrected chi connectivity index (χ3v) is 7.16. The standard InChI is InChI=1S/C21H21ClN4O4S/c22-19-3-1-2-4-20(19)26-15-17(14-24-26)21(27)23-13-16-5-7-18(8-6-16)31(28,29)25-9-11-30-12-10-25/h1-8,14-15H,9-13H2,(H,23,27). The first-order valence-corrected chi connectivity index (χ1v) is 11.5. The monoisotopic (exact) mass is 460 g/mol. The third-order valence-electron chi connectivity index (χ3n) is 4.93. The Balaban J connectivity index is 1.38. The third kappa shape index (κ3) is 4.80. The number of ether oxygens (including phenoxy) is 1. The maximum Gasteiger partial charge on any atom is 0.254 e. The van der Waals surface area contributed by atoms with Crippen LogP contribution in [0.15, 0.2) is 65.8 Å². The summed E-state index contributed by atoms with van der Waals surface area (Å²) < 4.78 is 33.5. The van der Waals surface area contributed by atoms with Crippen molar-refractivity contribution in [3.8, 4) is 5.69 Å². The number of rotatable bonds is 6. The Morgan fingerprint density at radius 3 is 2.52 bits per heavy atom. The first-order chi connectivity index (χ1) is 14.9. The largest absolute Gasteiger partial charge is 0.379 e. The zero-order valence-corrected chi connectivity index (χ0v) is 18.1. The van der Waals surface area contributed by atoms with Gasteiger partial charge in [-0.3, -0.25) is 4.79 Å². The molecule has 3 aromatic rings. The average Bonchev–Trinajstić information content (AvgIpc) is 3.29. The molecule has 0 atom stereocenters. The number of nitrogens with zero attached hydrogens (tertiary/aromatic N) is 3. The van der Waals surface area contributed by atoms with Crippen molar-refractivity contribution in [3.05, 3.63) is 77.1 Å². The van der Waals surface area contributed by atoms with Gasteiger partial charge in [0.25, 0.3) is 5.91 Å². The molecule has 0 bridgehead atoms. The minimum Gasteiger partial charge on any atom is -0.379 e. The minimum absolute atomic E-state index is 0.227. The number of morpholine rings is 1. The van der Waals surface area contributed by atoms with Gasteiger partial charge in [0.15, 0.2) is 0 Å². The van der Waals surface area contributed by atoms with Crippen molar-refractivity contribution in [1.29, 1.82) is 0 Å². The predicted molar refractivity (Wildman–Crippen MR) is 116 cm³/mol. The number of carbonyl (C=O) groups is 1. The summed E-state index contributed by atoms with van der Waals surface area (Å²) in [4.78, 5) is 12.7. The van der Waals surface area contributed by atoms with Crippen LogP contribution in [0, 0.1) is 0 Å². The summed E-state index contributed by atoms with van der Waals surface area (Å²) in [6, 6.07) is 13.7. The molecule has 0 radical (unpaired) electrons. The van der Waals surface area contributed by atoms with E-state index >= 15 is 0 Å². The van der Waals surface area contributed by atoms with Crippen molar-refractivity contribution in [2.75, 3.05) is 26.3 Å². The average molecular weight is 461 g/mol. The van der Waals surface area contributed by atoms with Gasteiger partial charge in [-0.25, -0.2) is 13.1 Å². The molecule has 1 fully saturated rings. The Hall–Kier alpha value is -2.72. The molecule has 162 valence electrons. The van der Waals surface area contributed by atoms with Gasteiger partial charge in [-0.15, -0.1) is 0 Å². The summed E-state index contributed by atoms with van der Waals surface area (Å²) in [5.41, 5.74) is 1.86. The smallest absolute Gasteiger partial charge is 0.254 e. The second kappa shape index (κ2) is 9.19. The molecule has 1 saturated heterocycles. The number of aromatic nitrogens is 2. The second-order valence-corrected chi connectivity index (χ2v) is 9.31. The molecule has 0 saturated carbocycles. The van der Waals surface area contributed by atoms with Crippen molar-refractivity contribution in [3.63, 3.8) is 0 Å². The fourth-order valence-electron chi connectivity index (χ4n) is 3.21. The van der Waals surface area contributed by atoms with Crippen molar-refractivity contribution in [2.24, 2.45) is 0 Å². The van der Waals surface area contributed by atoms with E-state index in [1.807, 2.05) is 18.2 Å². The molecule has 1 aromatic heterocycles. The van der Waals surface area contributed by atoms with Gasteiger partial charge in [-0.2, -0.15) is 9.40 Å². The Labute approximate surface area is 185 Å². The number of para-hydroxylation sites is 1. The predicted octanol–water partition coefficient (Wildman–Crippen LogP) is 2.48. The van der Waals surface area contributed by atoms with Crippen LogP contribution in [-0.2, 0) is 21.3 Å². The van der Waals surface area contributed by atoms with Crippen LogP contribution in [0.25, 0.3) is 5.69 Å². The zero-order valence-electron chi connectivity index (χ0n) is 16.6. The molecule has 1 N–H and O–H groups in total. The van der Waals surface area contributed by atoms with Crippen molar-refractivity contribution in [1.82, 2.24) is 19.4 Å². The number of hydrogen-bond donors (Lipinski definition) is 1. The molecule has 0 unspecified atom stereocenters. The summed E-state index contributed by atoms with van der Waals surface area (Å²) in [5.74, 6) is -0.289. The molecular weight excluding hydrogens is 440 g/mol. The molecule has 1 aliphatic heterocycles. The van der Waals surface area contributed by atoms with E-state index in [1.54, 1.807) is 41.2 Å². The normalized spacial score (nSPS) is 15.0. The van der Waals surface area contributed by atoms with Gasteiger partial charge in [0.1, 0.15) is 0 Å². The first-order valence-electron chi connectivity index (χ1n) is 9.70. The summed E-state index contributed by atoms with van der Waals surface area (Å²) in [5, 5.41) is 7.54. The highest BCUT2D eigenvalue weighted by Gasteiger charge is 2.26. The molecule has 0 spiro atoms. The SMILES string of the molecule is O=C(NCc1ccc(S(=O)(=O)N2CCOCC2)cc1)c1cnn(-c2ccccc2Cl)c1. The first kappa shape index (κ1) is 21.5. The van der Waals surface area contributed by atoms with Gasteiger partial charge in [0, 0.05) is 25.8 Å². The van der Waals surface area contributed by atoms with Gasteiger partial charge in [-0.05, 0) is 29.8 Å². The summed E-state index contributed by atoms with van der Waals surface area (Å²) in [6.07, 6.45) is 3.07. The van der Waals surface area contributed by atoms with Crippen LogP contribution in [-0.4, -0.2) is 54.7 Å². The molecule has 8 nitrogen and oxygen atoms in total. The fourth-order valence-corrected chi connectivity index (χ4v) is 4.84. The van der Waals surface area contributed by atoms with Crippen LogP contribution < -0.4 is 5.32 Å². The molecule has 10 heteroatoms. The van der Waals surface area contributed by atoms with Crippen molar-refractivity contribution < 1.29 is 17.9 Å². The lowest BCUT2D eigenvalue weighted by Gasteiger charge is -2.26. The summed E-state index contributed by atoms with van der Waals surface area (Å²) in [7, 11) is -3.54. The highest BCUT2D eigenvalue weighted by atomic mass is 35.5. The summed E-state index contributed by atoms with van der Waals surface area (Å²) >= 11 is 6.17. The number of hydrogen-bond acceptors (Lipinski definition) is 5. The maximum atomic E-state index is 12.7. The second-order valence-electron chi connectivity index (χ2n) is 6.97. The Morgan fingerprint density at radius 2 is 1.81 bits per heavy atom. The molecule has 0 aliphatic carbocycles. The van der Waals surface area contributed by atoms with Gasteiger partial charge in [0.05, 0.1) is 40.6 Å². The van der Waals surface area contributed by atoms with E-state index in [2.05, 4.69) is 10.4 Å². The number of nitrogens with one attached hydrogen (secondary N) is 1.